The Morgan fingerprint density at radius 2 is 1.14 bits per heavy atom. The van der Waals surface area contributed by atoms with Crippen molar-refractivity contribution in [3.8, 4) is 0 Å². The standard InChI is InChI=1S/C14H30N4O2S2/c1-11(17(3)4)13(19)15-7-9-21-22-10-8-16-14(20)12(2)18(5)6/h11-12H,7-10H2,1-6H3,(H,15,19)(H,16,20). The van der Waals surface area contributed by atoms with Gasteiger partial charge in [0.25, 0.3) is 0 Å². The summed E-state index contributed by atoms with van der Waals surface area (Å²) in [5.74, 6) is 1.83. The van der Waals surface area contributed by atoms with Gasteiger partial charge in [-0.25, -0.2) is 0 Å². The predicted molar refractivity (Wildman–Crippen MR) is 97.2 cm³/mol. The van der Waals surface area contributed by atoms with E-state index in [1.54, 1.807) is 21.6 Å². The summed E-state index contributed by atoms with van der Waals surface area (Å²) in [6.07, 6.45) is 0. The third-order valence-electron chi connectivity index (χ3n) is 3.36. The molecule has 0 fully saturated rings. The fourth-order valence-corrected chi connectivity index (χ4v) is 3.13. The van der Waals surface area contributed by atoms with Gasteiger partial charge in [0, 0.05) is 24.6 Å². The van der Waals surface area contributed by atoms with Crippen molar-refractivity contribution in [1.29, 1.82) is 0 Å². The molecule has 0 rings (SSSR count). The number of rotatable bonds is 11. The van der Waals surface area contributed by atoms with Gasteiger partial charge in [0.05, 0.1) is 12.1 Å². The molecule has 22 heavy (non-hydrogen) atoms. The van der Waals surface area contributed by atoms with Gasteiger partial charge in [0.2, 0.25) is 11.8 Å². The first-order chi connectivity index (χ1) is 10.3. The van der Waals surface area contributed by atoms with Crippen LogP contribution < -0.4 is 10.6 Å². The summed E-state index contributed by atoms with van der Waals surface area (Å²) in [7, 11) is 11.0. The van der Waals surface area contributed by atoms with Crippen molar-refractivity contribution >= 4 is 33.4 Å². The van der Waals surface area contributed by atoms with E-state index in [2.05, 4.69) is 10.6 Å². The third-order valence-corrected chi connectivity index (χ3v) is 5.77. The number of carbonyl (C=O) groups excluding carboxylic acids is 2. The molecule has 2 unspecified atom stereocenters. The van der Waals surface area contributed by atoms with Crippen LogP contribution in [-0.2, 0) is 9.59 Å². The van der Waals surface area contributed by atoms with Crippen LogP contribution in [0.1, 0.15) is 13.8 Å². The van der Waals surface area contributed by atoms with Gasteiger partial charge >= 0.3 is 0 Å². The summed E-state index contributed by atoms with van der Waals surface area (Å²) in [4.78, 5) is 27.2. The van der Waals surface area contributed by atoms with Gasteiger partial charge < -0.3 is 10.6 Å². The Morgan fingerprint density at radius 3 is 1.41 bits per heavy atom. The number of hydrogen-bond acceptors (Lipinski definition) is 6. The highest BCUT2D eigenvalue weighted by Gasteiger charge is 2.14. The molecule has 130 valence electrons. The van der Waals surface area contributed by atoms with Crippen LogP contribution in [0, 0.1) is 0 Å². The Balaban J connectivity index is 3.52. The van der Waals surface area contributed by atoms with Gasteiger partial charge in [-0.1, -0.05) is 21.6 Å². The molecule has 0 radical (unpaired) electrons. The molecule has 0 heterocycles. The smallest absolute Gasteiger partial charge is 0.237 e. The van der Waals surface area contributed by atoms with Gasteiger partial charge in [-0.15, -0.1) is 0 Å². The second-order valence-electron chi connectivity index (χ2n) is 5.51. The molecule has 0 saturated carbocycles. The summed E-state index contributed by atoms with van der Waals surface area (Å²) in [5, 5.41) is 5.82. The SMILES string of the molecule is CC(C(=O)NCCSSCCNC(=O)C(C)N(C)C)N(C)C. The maximum Gasteiger partial charge on any atom is 0.237 e. The van der Waals surface area contributed by atoms with Crippen LogP contribution in [0.15, 0.2) is 0 Å². The minimum absolute atomic E-state index is 0.0561. The lowest BCUT2D eigenvalue weighted by atomic mass is 10.3. The molecule has 0 bridgehead atoms. The highest BCUT2D eigenvalue weighted by Crippen LogP contribution is 2.19. The number of likely N-dealkylation sites (N-methyl/N-ethyl adjacent to an activating group) is 2. The average molecular weight is 351 g/mol. The average Bonchev–Trinajstić information content (AvgIpc) is 2.47. The van der Waals surface area contributed by atoms with E-state index in [1.807, 2.05) is 51.8 Å². The summed E-state index contributed by atoms with van der Waals surface area (Å²) < 4.78 is 0. The van der Waals surface area contributed by atoms with Crippen molar-refractivity contribution in [3.05, 3.63) is 0 Å². The van der Waals surface area contributed by atoms with Crippen molar-refractivity contribution in [2.75, 3.05) is 52.8 Å². The zero-order valence-electron chi connectivity index (χ0n) is 14.5. The lowest BCUT2D eigenvalue weighted by Gasteiger charge is -2.19. The van der Waals surface area contributed by atoms with E-state index in [0.717, 1.165) is 11.5 Å². The lowest BCUT2D eigenvalue weighted by Crippen LogP contribution is -2.42. The topological polar surface area (TPSA) is 64.7 Å². The van der Waals surface area contributed by atoms with Crippen molar-refractivity contribution < 1.29 is 9.59 Å². The highest BCUT2D eigenvalue weighted by atomic mass is 33.1. The van der Waals surface area contributed by atoms with Gasteiger partial charge in [0.15, 0.2) is 0 Å². The molecule has 0 aromatic rings. The number of carbonyl (C=O) groups is 2. The van der Waals surface area contributed by atoms with Crippen molar-refractivity contribution in [1.82, 2.24) is 20.4 Å². The van der Waals surface area contributed by atoms with E-state index in [9.17, 15) is 9.59 Å². The minimum atomic E-state index is -0.105. The first-order valence-corrected chi connectivity index (χ1v) is 9.88. The molecule has 8 heteroatoms. The molecule has 2 atom stereocenters. The molecule has 0 spiro atoms. The lowest BCUT2D eigenvalue weighted by molar-refractivity contribution is -0.125. The Labute approximate surface area is 142 Å². The summed E-state index contributed by atoms with van der Waals surface area (Å²) in [6, 6.07) is -0.210. The van der Waals surface area contributed by atoms with E-state index < -0.39 is 0 Å². The van der Waals surface area contributed by atoms with Crippen LogP contribution >= 0.6 is 21.6 Å². The monoisotopic (exact) mass is 350 g/mol. The Morgan fingerprint density at radius 1 is 0.818 bits per heavy atom. The molecule has 0 aromatic heterocycles. The largest absolute Gasteiger partial charge is 0.354 e. The molecule has 0 aliphatic rings. The van der Waals surface area contributed by atoms with Crippen LogP contribution in [0.5, 0.6) is 0 Å². The molecule has 2 amide bonds. The predicted octanol–water partition coefficient (Wildman–Crippen LogP) is 0.500. The first-order valence-electron chi connectivity index (χ1n) is 7.40. The molecule has 0 saturated heterocycles. The molecular weight excluding hydrogens is 320 g/mol. The maximum absolute atomic E-state index is 11.7. The number of nitrogens with zero attached hydrogens (tertiary/aromatic N) is 2. The first kappa shape index (κ1) is 21.6. The van der Waals surface area contributed by atoms with E-state index >= 15 is 0 Å². The number of amides is 2. The second kappa shape index (κ2) is 12.0. The number of nitrogens with one attached hydrogen (secondary N) is 2. The van der Waals surface area contributed by atoms with Crippen molar-refractivity contribution in [3.63, 3.8) is 0 Å². The van der Waals surface area contributed by atoms with Gasteiger partial charge in [-0.3, -0.25) is 19.4 Å². The van der Waals surface area contributed by atoms with Gasteiger partial charge in [-0.05, 0) is 42.0 Å². The fourth-order valence-electron chi connectivity index (χ4n) is 1.31. The Hall–Kier alpha value is -0.440. The molecular formula is C14H30N4O2S2. The zero-order valence-corrected chi connectivity index (χ0v) is 16.1. The maximum atomic E-state index is 11.7. The highest BCUT2D eigenvalue weighted by molar-refractivity contribution is 8.76. The van der Waals surface area contributed by atoms with E-state index in [4.69, 9.17) is 0 Å². The van der Waals surface area contributed by atoms with Crippen molar-refractivity contribution in [2.45, 2.75) is 25.9 Å². The molecule has 0 aliphatic carbocycles. The molecule has 0 aromatic carbocycles. The van der Waals surface area contributed by atoms with Crippen LogP contribution in [0.2, 0.25) is 0 Å². The van der Waals surface area contributed by atoms with Crippen molar-refractivity contribution in [2.24, 2.45) is 0 Å². The van der Waals surface area contributed by atoms with E-state index in [1.165, 1.54) is 0 Å². The molecule has 2 N–H and O–H groups in total. The normalized spacial score (nSPS) is 14.0. The Bertz CT molecular complexity index is 309. The van der Waals surface area contributed by atoms with Crippen LogP contribution in [0.25, 0.3) is 0 Å². The van der Waals surface area contributed by atoms with Gasteiger partial charge in [0.1, 0.15) is 0 Å². The summed E-state index contributed by atoms with van der Waals surface area (Å²) in [5.41, 5.74) is 0. The summed E-state index contributed by atoms with van der Waals surface area (Å²) in [6.45, 7) is 5.10. The van der Waals surface area contributed by atoms with E-state index in [-0.39, 0.29) is 23.9 Å². The Kier molecular flexibility index (Phi) is 11.8. The van der Waals surface area contributed by atoms with Crippen LogP contribution in [-0.4, -0.2) is 86.5 Å². The van der Waals surface area contributed by atoms with Crippen LogP contribution in [0.3, 0.4) is 0 Å². The quantitative estimate of drug-likeness (QED) is 0.418. The zero-order chi connectivity index (χ0) is 17.1. The molecule has 0 aliphatic heterocycles. The second-order valence-corrected chi connectivity index (χ2v) is 8.21. The minimum Gasteiger partial charge on any atom is -0.354 e. The molecule has 6 nitrogen and oxygen atoms in total. The third kappa shape index (κ3) is 9.55. The number of hydrogen-bond donors (Lipinski definition) is 2. The van der Waals surface area contributed by atoms with Gasteiger partial charge in [-0.2, -0.15) is 0 Å². The fraction of sp³-hybridized carbons (Fsp3) is 0.857. The summed E-state index contributed by atoms with van der Waals surface area (Å²) >= 11 is 0. The van der Waals surface area contributed by atoms with E-state index in [0.29, 0.717) is 13.1 Å². The van der Waals surface area contributed by atoms with Crippen LogP contribution in [0.4, 0.5) is 0 Å².